The van der Waals surface area contributed by atoms with Crippen molar-refractivity contribution in [2.45, 2.75) is 12.8 Å². The Morgan fingerprint density at radius 2 is 1.89 bits per heavy atom. The van der Waals surface area contributed by atoms with Crippen LogP contribution in [0.15, 0.2) is 42.5 Å². The Balaban J connectivity index is 1.69. The molecule has 0 unspecified atom stereocenters. The number of anilines is 1. The summed E-state index contributed by atoms with van der Waals surface area (Å²) in [5.74, 6) is -0.821. The highest BCUT2D eigenvalue weighted by Crippen LogP contribution is 2.27. The molecule has 28 heavy (non-hydrogen) atoms. The minimum absolute atomic E-state index is 0.0294. The molecule has 0 heterocycles. The maximum absolute atomic E-state index is 11.8. The normalized spacial score (nSPS) is 10.2. The molecule has 0 aliphatic rings. The molecular weight excluding hydrogens is 411 g/mol. The summed E-state index contributed by atoms with van der Waals surface area (Å²) in [6.07, 6.45) is 0.382. The maximum atomic E-state index is 11.8. The molecule has 0 aromatic heterocycles. The zero-order valence-electron chi connectivity index (χ0n) is 14.5. The summed E-state index contributed by atoms with van der Waals surface area (Å²) in [6, 6.07) is 10.5. The van der Waals surface area contributed by atoms with E-state index in [4.69, 9.17) is 32.7 Å². The van der Waals surface area contributed by atoms with Crippen LogP contribution in [0, 0.1) is 10.1 Å². The molecule has 0 saturated carbocycles. The van der Waals surface area contributed by atoms with Crippen LogP contribution in [-0.4, -0.2) is 30.0 Å². The number of rotatable bonds is 9. The summed E-state index contributed by atoms with van der Waals surface area (Å²) in [7, 11) is 0. The number of nitro benzene ring substituents is 1. The fourth-order valence-corrected chi connectivity index (χ4v) is 2.60. The number of nitrogens with zero attached hydrogens (tertiary/aromatic N) is 1. The van der Waals surface area contributed by atoms with Crippen molar-refractivity contribution in [1.29, 1.82) is 0 Å². The van der Waals surface area contributed by atoms with E-state index in [1.807, 2.05) is 0 Å². The number of halogens is 2. The van der Waals surface area contributed by atoms with Crippen molar-refractivity contribution in [3.8, 4) is 5.75 Å². The van der Waals surface area contributed by atoms with Crippen LogP contribution < -0.4 is 10.1 Å². The molecule has 1 amide bonds. The van der Waals surface area contributed by atoms with E-state index in [9.17, 15) is 19.7 Å². The van der Waals surface area contributed by atoms with Crippen LogP contribution in [0.1, 0.15) is 12.8 Å². The van der Waals surface area contributed by atoms with E-state index < -0.39 is 23.4 Å². The number of benzene rings is 2. The summed E-state index contributed by atoms with van der Waals surface area (Å²) in [5.41, 5.74) is -0.220. The highest BCUT2D eigenvalue weighted by molar-refractivity contribution is 6.35. The standard InChI is InChI=1S/C18H16Cl2N2O6/c19-12-7-8-16(13(20)10-12)27-9-3-6-18(24)28-11-17(23)21-14-4-1-2-5-15(14)22(25)26/h1-2,4-5,7-8,10H,3,6,9,11H2,(H,21,23). The molecule has 10 heteroatoms. The second kappa shape index (κ2) is 10.5. The smallest absolute Gasteiger partial charge is 0.306 e. The number of hydrogen-bond acceptors (Lipinski definition) is 6. The van der Waals surface area contributed by atoms with Gasteiger partial charge in [0.15, 0.2) is 6.61 Å². The molecule has 0 fully saturated rings. The van der Waals surface area contributed by atoms with Crippen LogP contribution in [-0.2, 0) is 14.3 Å². The van der Waals surface area contributed by atoms with Crippen LogP contribution >= 0.6 is 23.2 Å². The number of para-hydroxylation sites is 2. The molecule has 1 N–H and O–H groups in total. The van der Waals surface area contributed by atoms with Crippen molar-refractivity contribution >= 4 is 46.5 Å². The summed E-state index contributed by atoms with van der Waals surface area (Å²) in [4.78, 5) is 33.8. The quantitative estimate of drug-likeness (QED) is 0.278. The van der Waals surface area contributed by atoms with Gasteiger partial charge >= 0.3 is 5.97 Å². The van der Waals surface area contributed by atoms with E-state index in [-0.39, 0.29) is 24.4 Å². The molecule has 0 spiro atoms. The number of ether oxygens (including phenoxy) is 2. The van der Waals surface area contributed by atoms with Gasteiger partial charge in [-0.25, -0.2) is 0 Å². The molecule has 0 aliphatic heterocycles. The lowest BCUT2D eigenvalue weighted by Gasteiger charge is -2.09. The molecule has 148 valence electrons. The van der Waals surface area contributed by atoms with Gasteiger partial charge in [-0.2, -0.15) is 0 Å². The molecule has 2 aromatic carbocycles. The minimum atomic E-state index is -0.674. The molecule has 2 rings (SSSR count). The fourth-order valence-electron chi connectivity index (χ4n) is 2.13. The Morgan fingerprint density at radius 3 is 2.61 bits per heavy atom. The summed E-state index contributed by atoms with van der Waals surface area (Å²) < 4.78 is 10.3. The van der Waals surface area contributed by atoms with E-state index in [1.54, 1.807) is 24.3 Å². The first-order valence-corrected chi connectivity index (χ1v) is 8.89. The van der Waals surface area contributed by atoms with Crippen LogP contribution in [0.2, 0.25) is 10.0 Å². The third-order valence-corrected chi connectivity index (χ3v) is 3.95. The number of carbonyl (C=O) groups excluding carboxylic acids is 2. The van der Waals surface area contributed by atoms with Crippen LogP contribution in [0.4, 0.5) is 11.4 Å². The predicted molar refractivity (Wildman–Crippen MR) is 104 cm³/mol. The summed E-state index contributed by atoms with van der Waals surface area (Å²) in [5, 5.41) is 14.1. The van der Waals surface area contributed by atoms with Gasteiger partial charge in [-0.05, 0) is 30.7 Å². The van der Waals surface area contributed by atoms with Crippen molar-refractivity contribution < 1.29 is 24.0 Å². The zero-order valence-corrected chi connectivity index (χ0v) is 16.0. The molecule has 0 radical (unpaired) electrons. The van der Waals surface area contributed by atoms with Gasteiger partial charge in [0.05, 0.1) is 16.6 Å². The molecule has 8 nitrogen and oxygen atoms in total. The van der Waals surface area contributed by atoms with Gasteiger partial charge < -0.3 is 14.8 Å². The van der Waals surface area contributed by atoms with E-state index in [0.29, 0.717) is 22.2 Å². The number of esters is 1. The van der Waals surface area contributed by atoms with E-state index in [2.05, 4.69) is 5.32 Å². The number of nitro groups is 1. The minimum Gasteiger partial charge on any atom is -0.492 e. The van der Waals surface area contributed by atoms with E-state index in [1.165, 1.54) is 18.2 Å². The molecule has 0 saturated heterocycles. The van der Waals surface area contributed by atoms with Gasteiger partial charge in [0.2, 0.25) is 0 Å². The fraction of sp³-hybridized carbons (Fsp3) is 0.222. The Hall–Kier alpha value is -2.84. The molecule has 0 aliphatic carbocycles. The third-order valence-electron chi connectivity index (χ3n) is 3.42. The third kappa shape index (κ3) is 6.71. The first-order valence-electron chi connectivity index (χ1n) is 8.13. The molecule has 0 atom stereocenters. The van der Waals surface area contributed by atoms with Crippen molar-refractivity contribution in [2.24, 2.45) is 0 Å². The Morgan fingerprint density at radius 1 is 1.14 bits per heavy atom. The number of hydrogen-bond donors (Lipinski definition) is 1. The van der Waals surface area contributed by atoms with Crippen molar-refractivity contribution in [1.82, 2.24) is 0 Å². The Bertz CT molecular complexity index is 875. The van der Waals surface area contributed by atoms with Gasteiger partial charge in [-0.1, -0.05) is 35.3 Å². The Labute approximate surface area is 170 Å². The van der Waals surface area contributed by atoms with E-state index in [0.717, 1.165) is 0 Å². The zero-order chi connectivity index (χ0) is 20.5. The van der Waals surface area contributed by atoms with Crippen molar-refractivity contribution in [2.75, 3.05) is 18.5 Å². The van der Waals surface area contributed by atoms with Gasteiger partial charge in [-0.15, -0.1) is 0 Å². The van der Waals surface area contributed by atoms with Crippen LogP contribution in [0.3, 0.4) is 0 Å². The topological polar surface area (TPSA) is 108 Å². The highest BCUT2D eigenvalue weighted by atomic mass is 35.5. The van der Waals surface area contributed by atoms with Gasteiger partial charge in [0.1, 0.15) is 11.4 Å². The van der Waals surface area contributed by atoms with Gasteiger partial charge in [-0.3, -0.25) is 19.7 Å². The monoisotopic (exact) mass is 426 g/mol. The first-order chi connectivity index (χ1) is 13.4. The van der Waals surface area contributed by atoms with Crippen LogP contribution in [0.5, 0.6) is 5.75 Å². The molecule has 0 bridgehead atoms. The van der Waals surface area contributed by atoms with Gasteiger partial charge in [0, 0.05) is 17.5 Å². The average molecular weight is 427 g/mol. The lowest BCUT2D eigenvalue weighted by atomic mass is 10.2. The number of carbonyl (C=O) groups is 2. The van der Waals surface area contributed by atoms with E-state index >= 15 is 0 Å². The van der Waals surface area contributed by atoms with Crippen LogP contribution in [0.25, 0.3) is 0 Å². The van der Waals surface area contributed by atoms with Crippen molar-refractivity contribution in [3.05, 3.63) is 62.6 Å². The number of nitrogens with one attached hydrogen (secondary N) is 1. The first kappa shape index (κ1) is 21.5. The number of amides is 1. The predicted octanol–water partition coefficient (Wildman–Crippen LogP) is 4.24. The summed E-state index contributed by atoms with van der Waals surface area (Å²) in [6.45, 7) is -0.326. The highest BCUT2D eigenvalue weighted by Gasteiger charge is 2.15. The average Bonchev–Trinajstić information content (AvgIpc) is 2.65. The van der Waals surface area contributed by atoms with Crippen molar-refractivity contribution in [3.63, 3.8) is 0 Å². The second-order valence-corrected chi connectivity index (χ2v) is 6.35. The summed E-state index contributed by atoms with van der Waals surface area (Å²) >= 11 is 11.8. The SMILES string of the molecule is O=C(COC(=O)CCCOc1ccc(Cl)cc1Cl)Nc1ccccc1[N+](=O)[O-]. The van der Waals surface area contributed by atoms with Gasteiger partial charge in [0.25, 0.3) is 11.6 Å². The molecule has 2 aromatic rings. The Kier molecular flexibility index (Phi) is 8.03. The maximum Gasteiger partial charge on any atom is 0.306 e. The second-order valence-electron chi connectivity index (χ2n) is 5.51. The molecular formula is C18H16Cl2N2O6. The lowest BCUT2D eigenvalue weighted by molar-refractivity contribution is -0.383. The lowest BCUT2D eigenvalue weighted by Crippen LogP contribution is -2.21. The largest absolute Gasteiger partial charge is 0.492 e.